The minimum absolute atomic E-state index is 0.0468. The van der Waals surface area contributed by atoms with Crippen LogP contribution in [0.25, 0.3) is 0 Å². The summed E-state index contributed by atoms with van der Waals surface area (Å²) in [5.41, 5.74) is 25.8. The van der Waals surface area contributed by atoms with E-state index in [9.17, 15) is 0 Å². The smallest absolute Gasteiger partial charge is 0.233 e. The highest BCUT2D eigenvalue weighted by molar-refractivity contribution is 5.80. The molecule has 0 atom stereocenters. The van der Waals surface area contributed by atoms with Crippen molar-refractivity contribution in [2.45, 2.75) is 6.42 Å². The quantitative estimate of drug-likeness (QED) is 0.269. The molecule has 9 N–H and O–H groups in total. The zero-order valence-electron chi connectivity index (χ0n) is 17.1. The Morgan fingerprint density at radius 2 is 1.41 bits per heavy atom. The fourth-order valence-electron chi connectivity index (χ4n) is 2.94. The van der Waals surface area contributed by atoms with Gasteiger partial charge in [-0.1, -0.05) is 0 Å². The van der Waals surface area contributed by atoms with Crippen molar-refractivity contribution in [1.82, 2.24) is 34.5 Å². The molecule has 0 unspecified atom stereocenters. The Morgan fingerprint density at radius 1 is 0.812 bits per heavy atom. The molecule has 3 heterocycles. The largest absolute Gasteiger partial charge is 0.368 e. The second kappa shape index (κ2) is 8.51. The van der Waals surface area contributed by atoms with Crippen molar-refractivity contribution in [2.75, 3.05) is 28.3 Å². The van der Waals surface area contributed by atoms with Crippen LogP contribution in [0.1, 0.15) is 17.2 Å². The number of benzene rings is 1. The summed E-state index contributed by atoms with van der Waals surface area (Å²) in [6, 6.07) is 11.3. The molecule has 4 aromatic rings. The molecule has 0 radical (unpaired) electrons. The van der Waals surface area contributed by atoms with Gasteiger partial charge >= 0.3 is 0 Å². The normalized spacial score (nSPS) is 11.2. The third-order valence-electron chi connectivity index (χ3n) is 4.46. The van der Waals surface area contributed by atoms with E-state index in [2.05, 4.69) is 40.2 Å². The van der Waals surface area contributed by atoms with Gasteiger partial charge in [0.2, 0.25) is 29.7 Å². The van der Waals surface area contributed by atoms with E-state index in [-0.39, 0.29) is 29.7 Å². The molecule has 1 aromatic carbocycles. The minimum atomic E-state index is 0.0468. The Bertz CT molecular complexity index is 1240. The standard InChI is InChI=1S/C19H21N13/c1-32-12(8-14-26-15(20)28-16(21)27-14)6-7-13(32)9-24-10-2-4-11(5-3-10)25-19-30-17(22)29-18(23)31-19/h2-7,9H,8H2,1H3,(H4,20,21,26,27,28)(H5,22,23,25,29,30,31). The van der Waals surface area contributed by atoms with Gasteiger partial charge in [-0.3, -0.25) is 4.99 Å². The highest BCUT2D eigenvalue weighted by atomic mass is 15.2. The monoisotopic (exact) mass is 431 g/mol. The third kappa shape index (κ3) is 4.84. The van der Waals surface area contributed by atoms with E-state index in [1.165, 1.54) is 0 Å². The number of rotatable bonds is 6. The number of anilines is 6. The molecule has 0 aliphatic rings. The van der Waals surface area contributed by atoms with Crippen LogP contribution in [0, 0.1) is 0 Å². The maximum Gasteiger partial charge on any atom is 0.233 e. The first kappa shape index (κ1) is 20.5. The molecule has 0 saturated heterocycles. The summed E-state index contributed by atoms with van der Waals surface area (Å²) in [6.07, 6.45) is 2.24. The highest BCUT2D eigenvalue weighted by Crippen LogP contribution is 2.19. The zero-order chi connectivity index (χ0) is 22.7. The van der Waals surface area contributed by atoms with Crippen LogP contribution in [-0.2, 0) is 13.5 Å². The van der Waals surface area contributed by atoms with Gasteiger partial charge < -0.3 is 32.8 Å². The third-order valence-corrected chi connectivity index (χ3v) is 4.46. The summed E-state index contributed by atoms with van der Waals surface area (Å²) < 4.78 is 1.99. The van der Waals surface area contributed by atoms with Crippen molar-refractivity contribution in [3.8, 4) is 0 Å². The van der Waals surface area contributed by atoms with Crippen molar-refractivity contribution >= 4 is 47.3 Å². The molecule has 32 heavy (non-hydrogen) atoms. The van der Waals surface area contributed by atoms with Crippen molar-refractivity contribution < 1.29 is 0 Å². The van der Waals surface area contributed by atoms with E-state index < -0.39 is 0 Å². The van der Waals surface area contributed by atoms with Gasteiger partial charge in [-0.25, -0.2) is 0 Å². The average molecular weight is 431 g/mol. The minimum Gasteiger partial charge on any atom is -0.368 e. The fourth-order valence-corrected chi connectivity index (χ4v) is 2.94. The lowest BCUT2D eigenvalue weighted by atomic mass is 10.3. The number of nitrogens with one attached hydrogen (secondary N) is 1. The van der Waals surface area contributed by atoms with Crippen LogP contribution >= 0.6 is 0 Å². The summed E-state index contributed by atoms with van der Waals surface area (Å²) >= 11 is 0. The second-order valence-corrected chi connectivity index (χ2v) is 6.76. The second-order valence-electron chi connectivity index (χ2n) is 6.76. The van der Waals surface area contributed by atoms with Crippen molar-refractivity contribution in [2.24, 2.45) is 12.0 Å². The van der Waals surface area contributed by atoms with Gasteiger partial charge in [-0.2, -0.15) is 29.9 Å². The van der Waals surface area contributed by atoms with E-state index in [4.69, 9.17) is 22.9 Å². The predicted octanol–water partition coefficient (Wildman–Crippen LogP) is 0.809. The Kier molecular flexibility index (Phi) is 5.44. The molecular formula is C19H21N13. The number of nitrogens with two attached hydrogens (primary N) is 4. The molecule has 4 rings (SSSR count). The van der Waals surface area contributed by atoms with Crippen molar-refractivity contribution in [1.29, 1.82) is 0 Å². The van der Waals surface area contributed by atoms with Gasteiger partial charge in [-0.05, 0) is 36.4 Å². The fraction of sp³-hybridized carbons (Fsp3) is 0.105. The topological polar surface area (TPSA) is 211 Å². The number of nitrogens with zero attached hydrogens (tertiary/aromatic N) is 8. The van der Waals surface area contributed by atoms with Crippen LogP contribution in [0.4, 0.5) is 41.1 Å². The summed E-state index contributed by atoms with van der Waals surface area (Å²) in [5.74, 6) is 1.07. The Morgan fingerprint density at radius 3 is 2.03 bits per heavy atom. The average Bonchev–Trinajstić information content (AvgIpc) is 3.05. The van der Waals surface area contributed by atoms with Gasteiger partial charge in [0.1, 0.15) is 5.82 Å². The van der Waals surface area contributed by atoms with Crippen LogP contribution in [-0.4, -0.2) is 40.7 Å². The van der Waals surface area contributed by atoms with Crippen molar-refractivity contribution in [3.05, 3.63) is 53.6 Å². The van der Waals surface area contributed by atoms with E-state index in [0.717, 1.165) is 22.8 Å². The van der Waals surface area contributed by atoms with Gasteiger partial charge in [0, 0.05) is 24.8 Å². The first-order valence-electron chi connectivity index (χ1n) is 9.44. The SMILES string of the molecule is Cn1c(C=Nc2ccc(Nc3nc(N)nc(N)n3)cc2)ccc1Cc1nc(N)nc(N)n1. The van der Waals surface area contributed by atoms with Gasteiger partial charge in [-0.15, -0.1) is 0 Å². The van der Waals surface area contributed by atoms with E-state index in [1.807, 2.05) is 48.0 Å². The molecule has 0 amide bonds. The van der Waals surface area contributed by atoms with Crippen LogP contribution in [0.2, 0.25) is 0 Å². The summed E-state index contributed by atoms with van der Waals surface area (Å²) in [4.78, 5) is 28.2. The predicted molar refractivity (Wildman–Crippen MR) is 123 cm³/mol. The highest BCUT2D eigenvalue weighted by Gasteiger charge is 2.08. The van der Waals surface area contributed by atoms with E-state index >= 15 is 0 Å². The summed E-state index contributed by atoms with van der Waals surface area (Å²) in [6.45, 7) is 0. The molecule has 3 aromatic heterocycles. The zero-order valence-corrected chi connectivity index (χ0v) is 17.1. The molecule has 0 aliphatic heterocycles. The van der Waals surface area contributed by atoms with Gasteiger partial charge in [0.15, 0.2) is 0 Å². The molecule has 13 nitrogen and oxygen atoms in total. The summed E-state index contributed by atoms with van der Waals surface area (Å²) in [5, 5.41) is 3.02. The number of aliphatic imine (C=N–C) groups is 1. The number of nitrogen functional groups attached to an aromatic ring is 4. The summed E-state index contributed by atoms with van der Waals surface area (Å²) in [7, 11) is 1.93. The van der Waals surface area contributed by atoms with Crippen LogP contribution in [0.15, 0.2) is 41.4 Å². The lowest BCUT2D eigenvalue weighted by Gasteiger charge is -2.06. The molecule has 0 saturated carbocycles. The molecule has 0 bridgehead atoms. The molecule has 0 fully saturated rings. The number of hydrogen-bond donors (Lipinski definition) is 5. The lowest BCUT2D eigenvalue weighted by molar-refractivity contribution is 0.814. The molecule has 0 aliphatic carbocycles. The Balaban J connectivity index is 1.44. The van der Waals surface area contributed by atoms with Gasteiger partial charge in [0.25, 0.3) is 0 Å². The van der Waals surface area contributed by atoms with E-state index in [0.29, 0.717) is 12.2 Å². The number of hydrogen-bond acceptors (Lipinski definition) is 12. The van der Waals surface area contributed by atoms with Gasteiger partial charge in [0.05, 0.1) is 17.6 Å². The number of aromatic nitrogens is 7. The maximum atomic E-state index is 5.64. The van der Waals surface area contributed by atoms with Crippen LogP contribution < -0.4 is 28.3 Å². The molecule has 0 spiro atoms. The first-order chi connectivity index (χ1) is 15.4. The van der Waals surface area contributed by atoms with Crippen LogP contribution in [0.5, 0.6) is 0 Å². The molecule has 162 valence electrons. The Labute approximate surface area is 182 Å². The first-order valence-corrected chi connectivity index (χ1v) is 9.44. The van der Waals surface area contributed by atoms with E-state index in [1.54, 1.807) is 6.21 Å². The molecular weight excluding hydrogens is 410 g/mol. The van der Waals surface area contributed by atoms with Crippen molar-refractivity contribution in [3.63, 3.8) is 0 Å². The molecule has 13 heteroatoms. The lowest BCUT2D eigenvalue weighted by Crippen LogP contribution is -2.09. The van der Waals surface area contributed by atoms with Crippen LogP contribution in [0.3, 0.4) is 0 Å². The maximum absolute atomic E-state index is 5.64. The Hall–Kier alpha value is -4.81.